The van der Waals surface area contributed by atoms with Crippen LogP contribution in [0, 0.1) is 6.92 Å². The molecule has 2 nitrogen and oxygen atoms in total. The van der Waals surface area contributed by atoms with Crippen LogP contribution in [0.3, 0.4) is 0 Å². The molecule has 1 aromatic rings. The maximum Gasteiger partial charge on any atom is 0.282 e. The number of aryl methyl sites for hydroxylation is 2. The van der Waals surface area contributed by atoms with Gasteiger partial charge < -0.3 is 0 Å². The third-order valence-electron chi connectivity index (χ3n) is 1.26. The van der Waals surface area contributed by atoms with E-state index in [1.807, 2.05) is 0 Å². The fourth-order valence-electron chi connectivity index (χ4n) is 0.840. The molecule has 0 aliphatic carbocycles. The minimum absolute atomic E-state index is 0.123. The minimum atomic E-state index is -2.46. The van der Waals surface area contributed by atoms with E-state index in [0.29, 0.717) is 5.56 Å². The summed E-state index contributed by atoms with van der Waals surface area (Å²) in [5, 5.41) is 3.58. The van der Waals surface area contributed by atoms with Crippen molar-refractivity contribution in [2.75, 3.05) is 0 Å². The van der Waals surface area contributed by atoms with Crippen LogP contribution < -0.4 is 0 Å². The van der Waals surface area contributed by atoms with E-state index in [-0.39, 0.29) is 5.69 Å². The fraction of sp³-hybridized carbons (Fsp3) is 0.500. The Kier molecular flexibility index (Phi) is 1.70. The summed E-state index contributed by atoms with van der Waals surface area (Å²) in [5.74, 6) is 0. The van der Waals surface area contributed by atoms with Crippen LogP contribution in [-0.4, -0.2) is 9.78 Å². The van der Waals surface area contributed by atoms with Crippen molar-refractivity contribution >= 4 is 0 Å². The van der Waals surface area contributed by atoms with E-state index in [9.17, 15) is 8.78 Å². The van der Waals surface area contributed by atoms with E-state index < -0.39 is 6.43 Å². The zero-order valence-corrected chi connectivity index (χ0v) is 5.81. The molecule has 0 aliphatic rings. The lowest BCUT2D eigenvalue weighted by Crippen LogP contribution is -1.91. The molecule has 0 radical (unpaired) electrons. The lowest BCUT2D eigenvalue weighted by Gasteiger charge is -1.91. The lowest BCUT2D eigenvalue weighted by molar-refractivity contribution is 0.144. The Morgan fingerprint density at radius 2 is 2.20 bits per heavy atom. The number of rotatable bonds is 1. The third-order valence-corrected chi connectivity index (χ3v) is 1.26. The first-order valence-corrected chi connectivity index (χ1v) is 2.89. The molecule has 0 bridgehead atoms. The lowest BCUT2D eigenvalue weighted by atomic mass is 10.3. The van der Waals surface area contributed by atoms with Crippen LogP contribution in [0.1, 0.15) is 17.7 Å². The smallest absolute Gasteiger partial charge is 0.275 e. The van der Waals surface area contributed by atoms with E-state index in [4.69, 9.17) is 0 Å². The zero-order valence-electron chi connectivity index (χ0n) is 5.81. The van der Waals surface area contributed by atoms with Crippen molar-refractivity contribution in [2.24, 2.45) is 7.05 Å². The molecular formula is C6H8F2N2. The van der Waals surface area contributed by atoms with Gasteiger partial charge in [0, 0.05) is 13.2 Å². The molecule has 0 atom stereocenters. The SMILES string of the molecule is Cc1cn(C)nc1C(F)F. The number of alkyl halides is 2. The molecule has 1 aromatic heterocycles. The van der Waals surface area contributed by atoms with Crippen molar-refractivity contribution in [3.8, 4) is 0 Å². The summed E-state index contributed by atoms with van der Waals surface area (Å²) in [5.41, 5.74) is 0.417. The second-order valence-electron chi connectivity index (χ2n) is 2.17. The van der Waals surface area contributed by atoms with E-state index >= 15 is 0 Å². The van der Waals surface area contributed by atoms with E-state index in [1.165, 1.54) is 4.68 Å². The van der Waals surface area contributed by atoms with Gasteiger partial charge in [-0.05, 0) is 12.5 Å². The van der Waals surface area contributed by atoms with Crippen molar-refractivity contribution in [3.63, 3.8) is 0 Å². The summed E-state index contributed by atoms with van der Waals surface area (Å²) >= 11 is 0. The topological polar surface area (TPSA) is 17.8 Å². The maximum atomic E-state index is 12.0. The van der Waals surface area contributed by atoms with Crippen LogP contribution in [-0.2, 0) is 7.05 Å². The second-order valence-corrected chi connectivity index (χ2v) is 2.17. The van der Waals surface area contributed by atoms with Gasteiger partial charge in [0.15, 0.2) is 0 Å². The highest BCUT2D eigenvalue weighted by atomic mass is 19.3. The predicted molar refractivity (Wildman–Crippen MR) is 32.9 cm³/mol. The first-order valence-electron chi connectivity index (χ1n) is 2.89. The third kappa shape index (κ3) is 1.15. The Hall–Kier alpha value is -0.930. The van der Waals surface area contributed by atoms with E-state index in [1.54, 1.807) is 20.2 Å². The Bertz CT molecular complexity index is 230. The van der Waals surface area contributed by atoms with Crippen LogP contribution in [0.2, 0.25) is 0 Å². The molecule has 1 rings (SSSR count). The van der Waals surface area contributed by atoms with Gasteiger partial charge in [0.1, 0.15) is 5.69 Å². The van der Waals surface area contributed by atoms with Crippen LogP contribution in [0.15, 0.2) is 6.20 Å². The molecule has 0 aliphatic heterocycles. The highest BCUT2D eigenvalue weighted by Gasteiger charge is 2.13. The quantitative estimate of drug-likeness (QED) is 0.589. The van der Waals surface area contributed by atoms with Crippen molar-refractivity contribution in [3.05, 3.63) is 17.5 Å². The fourth-order valence-corrected chi connectivity index (χ4v) is 0.840. The molecule has 4 heteroatoms. The number of hydrogen-bond donors (Lipinski definition) is 0. The first kappa shape index (κ1) is 7.18. The van der Waals surface area contributed by atoms with Gasteiger partial charge in [-0.1, -0.05) is 0 Å². The average Bonchev–Trinajstić information content (AvgIpc) is 2.10. The summed E-state index contributed by atoms with van der Waals surface area (Å²) in [6.07, 6.45) is -0.886. The summed E-state index contributed by atoms with van der Waals surface area (Å²) in [6, 6.07) is 0. The largest absolute Gasteiger partial charge is 0.282 e. The number of aromatic nitrogens is 2. The Morgan fingerprint density at radius 3 is 2.40 bits per heavy atom. The summed E-state index contributed by atoms with van der Waals surface area (Å²) in [4.78, 5) is 0. The molecule has 0 saturated carbocycles. The van der Waals surface area contributed by atoms with Gasteiger partial charge in [-0.25, -0.2) is 8.78 Å². The van der Waals surface area contributed by atoms with Gasteiger partial charge in [0.2, 0.25) is 0 Å². The normalized spacial score (nSPS) is 10.9. The summed E-state index contributed by atoms with van der Waals surface area (Å²) in [7, 11) is 1.62. The number of hydrogen-bond acceptors (Lipinski definition) is 1. The average molecular weight is 146 g/mol. The van der Waals surface area contributed by atoms with Gasteiger partial charge in [-0.2, -0.15) is 5.10 Å². The van der Waals surface area contributed by atoms with E-state index in [0.717, 1.165) is 0 Å². The van der Waals surface area contributed by atoms with Gasteiger partial charge in [0.25, 0.3) is 6.43 Å². The van der Waals surface area contributed by atoms with Crippen LogP contribution >= 0.6 is 0 Å². The predicted octanol–water partition coefficient (Wildman–Crippen LogP) is 1.67. The van der Waals surface area contributed by atoms with Crippen LogP contribution in [0.5, 0.6) is 0 Å². The van der Waals surface area contributed by atoms with Crippen molar-refractivity contribution in [1.82, 2.24) is 9.78 Å². The molecule has 0 saturated heterocycles. The maximum absolute atomic E-state index is 12.0. The van der Waals surface area contributed by atoms with Gasteiger partial charge >= 0.3 is 0 Å². The highest BCUT2D eigenvalue weighted by molar-refractivity contribution is 5.15. The number of nitrogens with zero attached hydrogens (tertiary/aromatic N) is 2. The Morgan fingerprint density at radius 1 is 1.60 bits per heavy atom. The Labute approximate surface area is 57.5 Å². The van der Waals surface area contributed by atoms with Gasteiger partial charge in [0.05, 0.1) is 0 Å². The standard InChI is InChI=1S/C6H8F2N2/c1-4-3-10(2)9-5(4)6(7)8/h3,6H,1-2H3. The molecule has 10 heavy (non-hydrogen) atoms. The van der Waals surface area contributed by atoms with Gasteiger partial charge in [-0.15, -0.1) is 0 Å². The number of halogens is 2. The van der Waals surface area contributed by atoms with Crippen LogP contribution in [0.25, 0.3) is 0 Å². The summed E-state index contributed by atoms with van der Waals surface area (Å²) in [6.45, 7) is 1.62. The Balaban J connectivity index is 3.03. The van der Waals surface area contributed by atoms with Gasteiger partial charge in [-0.3, -0.25) is 4.68 Å². The van der Waals surface area contributed by atoms with E-state index in [2.05, 4.69) is 5.10 Å². The van der Waals surface area contributed by atoms with Crippen molar-refractivity contribution < 1.29 is 8.78 Å². The monoisotopic (exact) mass is 146 g/mol. The van der Waals surface area contributed by atoms with Crippen LogP contribution in [0.4, 0.5) is 8.78 Å². The molecule has 0 unspecified atom stereocenters. The molecule has 0 spiro atoms. The molecule has 0 fully saturated rings. The molecular weight excluding hydrogens is 138 g/mol. The second kappa shape index (κ2) is 2.36. The zero-order chi connectivity index (χ0) is 7.72. The first-order chi connectivity index (χ1) is 4.61. The summed E-state index contributed by atoms with van der Waals surface area (Å²) < 4.78 is 25.3. The molecule has 0 N–H and O–H groups in total. The molecule has 0 aromatic carbocycles. The molecule has 1 heterocycles. The molecule has 56 valence electrons. The van der Waals surface area contributed by atoms with Crippen molar-refractivity contribution in [2.45, 2.75) is 13.3 Å². The minimum Gasteiger partial charge on any atom is -0.275 e. The highest BCUT2D eigenvalue weighted by Crippen LogP contribution is 2.19. The molecule has 0 amide bonds. The van der Waals surface area contributed by atoms with Crippen molar-refractivity contribution in [1.29, 1.82) is 0 Å².